The van der Waals surface area contributed by atoms with Gasteiger partial charge >= 0.3 is 0 Å². The highest BCUT2D eigenvalue weighted by molar-refractivity contribution is 7.89. The number of nitrogens with one attached hydrogen (secondary N) is 1. The Morgan fingerprint density at radius 3 is 2.54 bits per heavy atom. The van der Waals surface area contributed by atoms with Crippen molar-refractivity contribution in [2.45, 2.75) is 28.7 Å². The first kappa shape index (κ1) is 29.6. The number of aryl methyl sites for hydroxylation is 1. The van der Waals surface area contributed by atoms with Crippen LogP contribution in [0, 0.1) is 11.2 Å². The molecule has 3 heterocycles. The molecule has 11 nitrogen and oxygen atoms in total. The lowest BCUT2D eigenvalue weighted by molar-refractivity contribution is 0.0318. The summed E-state index contributed by atoms with van der Waals surface area (Å²) in [6.07, 6.45) is 3.30. The highest BCUT2D eigenvalue weighted by Crippen LogP contribution is 2.38. The van der Waals surface area contributed by atoms with Crippen LogP contribution in [0.1, 0.15) is 12.8 Å². The second-order valence-electron chi connectivity index (χ2n) is 10.9. The van der Waals surface area contributed by atoms with Crippen LogP contribution in [0.3, 0.4) is 0 Å². The predicted octanol–water partition coefficient (Wildman–Crippen LogP) is 1.66. The molecule has 1 aromatic heterocycles. The summed E-state index contributed by atoms with van der Waals surface area (Å²) < 4.78 is 79.0. The first-order chi connectivity index (χ1) is 19.4. The molecule has 41 heavy (non-hydrogen) atoms. The molecule has 1 unspecified atom stereocenters. The topological polar surface area (TPSA) is 134 Å². The van der Waals surface area contributed by atoms with Gasteiger partial charge in [0.25, 0.3) is 0 Å². The van der Waals surface area contributed by atoms with Crippen LogP contribution in [0.25, 0.3) is 11.1 Å². The van der Waals surface area contributed by atoms with E-state index in [0.29, 0.717) is 19.4 Å². The molecular formula is C27H34FN5O6S2. The third kappa shape index (κ3) is 6.32. The molecule has 0 amide bonds. The molecule has 0 saturated carbocycles. The molecule has 14 heteroatoms. The van der Waals surface area contributed by atoms with E-state index in [-0.39, 0.29) is 48.3 Å². The van der Waals surface area contributed by atoms with Crippen molar-refractivity contribution in [2.24, 2.45) is 12.5 Å². The summed E-state index contributed by atoms with van der Waals surface area (Å²) in [7, 11) is -4.45. The minimum Gasteiger partial charge on any atom is -0.492 e. The van der Waals surface area contributed by atoms with E-state index in [1.54, 1.807) is 30.1 Å². The van der Waals surface area contributed by atoms with Crippen molar-refractivity contribution in [1.29, 1.82) is 0 Å². The van der Waals surface area contributed by atoms with Crippen molar-refractivity contribution in [3.05, 3.63) is 60.7 Å². The number of hydrogen-bond acceptors (Lipinski definition) is 8. The Hall–Kier alpha value is -2.88. The third-order valence-electron chi connectivity index (χ3n) is 7.68. The number of ether oxygens (including phenoxy) is 1. The van der Waals surface area contributed by atoms with Crippen molar-refractivity contribution in [3.63, 3.8) is 0 Å². The number of hydrogen-bond donors (Lipinski definition) is 2. The zero-order chi connectivity index (χ0) is 29.4. The number of aliphatic hydroxyl groups is 1. The summed E-state index contributed by atoms with van der Waals surface area (Å²) in [5.41, 5.74) is 0.941. The first-order valence-corrected chi connectivity index (χ1v) is 16.2. The van der Waals surface area contributed by atoms with Gasteiger partial charge in [0.15, 0.2) is 0 Å². The third-order valence-corrected chi connectivity index (χ3v) is 11.1. The lowest BCUT2D eigenvalue weighted by Gasteiger charge is -2.43. The molecule has 2 aromatic carbocycles. The highest BCUT2D eigenvalue weighted by atomic mass is 32.2. The molecule has 2 N–H and O–H groups in total. The molecule has 1 fully saturated rings. The van der Waals surface area contributed by atoms with Gasteiger partial charge in [0.2, 0.25) is 20.0 Å². The Kier molecular flexibility index (Phi) is 8.25. The van der Waals surface area contributed by atoms with Gasteiger partial charge in [-0.1, -0.05) is 18.2 Å². The fraction of sp³-hybridized carbons (Fsp3) is 0.444. The standard InChI is InChI=1S/C27H34FN5O6S2/c1-31-17-22(34)15-30-40(35,36)26-8-7-20(21-14-29-32(2)16-21)13-24(26)39-19-27(18-31)9-11-33(12-10-27)41(37,38)25-6-4-3-5-23(25)28/h3-8,13-14,16,22,30,34H,9-12,15,17-19H2,1-2H3. The van der Waals surface area contributed by atoms with Gasteiger partial charge in [-0.05, 0) is 49.7 Å². The van der Waals surface area contributed by atoms with Gasteiger partial charge in [0, 0.05) is 56.9 Å². The molecule has 5 rings (SSSR count). The molecule has 3 aromatic rings. The minimum atomic E-state index is -4.04. The van der Waals surface area contributed by atoms with Crippen LogP contribution in [0.4, 0.5) is 4.39 Å². The fourth-order valence-electron chi connectivity index (χ4n) is 5.51. The van der Waals surface area contributed by atoms with Gasteiger partial charge in [0.1, 0.15) is 21.4 Å². The van der Waals surface area contributed by atoms with Gasteiger partial charge in [-0.2, -0.15) is 9.40 Å². The molecule has 0 radical (unpaired) electrons. The van der Waals surface area contributed by atoms with Crippen molar-refractivity contribution in [1.82, 2.24) is 23.7 Å². The summed E-state index contributed by atoms with van der Waals surface area (Å²) in [4.78, 5) is 1.49. The van der Waals surface area contributed by atoms with E-state index in [9.17, 15) is 26.3 Å². The van der Waals surface area contributed by atoms with Gasteiger partial charge < -0.3 is 14.7 Å². The van der Waals surface area contributed by atoms with E-state index < -0.39 is 37.4 Å². The number of piperidine rings is 1. The number of nitrogens with zero attached hydrogens (tertiary/aromatic N) is 4. The summed E-state index contributed by atoms with van der Waals surface area (Å²) in [6, 6.07) is 10.1. The van der Waals surface area contributed by atoms with E-state index in [1.807, 2.05) is 18.1 Å². The fourth-order valence-corrected chi connectivity index (χ4v) is 8.21. The Morgan fingerprint density at radius 2 is 1.85 bits per heavy atom. The van der Waals surface area contributed by atoms with Crippen LogP contribution in [0.15, 0.2) is 64.6 Å². The predicted molar refractivity (Wildman–Crippen MR) is 150 cm³/mol. The van der Waals surface area contributed by atoms with Gasteiger partial charge in [-0.25, -0.2) is 25.9 Å². The quantitative estimate of drug-likeness (QED) is 0.459. The van der Waals surface area contributed by atoms with Gasteiger partial charge in [-0.3, -0.25) is 4.68 Å². The monoisotopic (exact) mass is 607 g/mol. The van der Waals surface area contributed by atoms with Crippen LogP contribution < -0.4 is 9.46 Å². The maximum Gasteiger partial charge on any atom is 0.245 e. The molecule has 1 saturated heterocycles. The van der Waals surface area contributed by atoms with E-state index in [1.165, 1.54) is 28.6 Å². The van der Waals surface area contributed by atoms with Crippen LogP contribution in [0.2, 0.25) is 0 Å². The summed E-state index contributed by atoms with van der Waals surface area (Å²) in [6.45, 7) is 0.881. The molecule has 1 spiro atoms. The second kappa shape index (κ2) is 11.4. The normalized spacial score (nSPS) is 22.3. The average Bonchev–Trinajstić information content (AvgIpc) is 3.37. The number of likely N-dealkylation sites (N-methyl/N-ethyl adjacent to an activating group) is 1. The van der Waals surface area contributed by atoms with Crippen molar-refractivity contribution < 1.29 is 31.1 Å². The number of benzene rings is 2. The molecule has 1 atom stereocenters. The van der Waals surface area contributed by atoms with E-state index >= 15 is 0 Å². The number of fused-ring (bicyclic) bond motifs is 1. The molecule has 0 bridgehead atoms. The lowest BCUT2D eigenvalue weighted by Crippen LogP contribution is -2.51. The Balaban J connectivity index is 1.46. The molecule has 222 valence electrons. The van der Waals surface area contributed by atoms with Crippen LogP contribution in [0.5, 0.6) is 5.75 Å². The second-order valence-corrected chi connectivity index (χ2v) is 14.5. The molecular weight excluding hydrogens is 573 g/mol. The highest BCUT2D eigenvalue weighted by Gasteiger charge is 2.41. The molecule has 2 aliphatic heterocycles. The van der Waals surface area contributed by atoms with Crippen molar-refractivity contribution in [3.8, 4) is 16.9 Å². The smallest absolute Gasteiger partial charge is 0.245 e. The number of β-amino-alcohol motifs (C(OH)–C–C–N with tert-alkyl or cyclic N) is 1. The van der Waals surface area contributed by atoms with E-state index in [4.69, 9.17) is 4.74 Å². The van der Waals surface area contributed by atoms with Crippen LogP contribution in [-0.4, -0.2) is 93.4 Å². The Labute approximate surface area is 239 Å². The number of aromatic nitrogens is 2. The average molecular weight is 608 g/mol. The first-order valence-electron chi connectivity index (χ1n) is 13.3. The maximum absolute atomic E-state index is 14.4. The summed E-state index contributed by atoms with van der Waals surface area (Å²) in [5, 5.41) is 14.8. The molecule has 2 aliphatic rings. The van der Waals surface area contributed by atoms with Crippen molar-refractivity contribution >= 4 is 20.0 Å². The number of sulfonamides is 2. The Bertz CT molecular complexity index is 1620. The van der Waals surface area contributed by atoms with E-state index in [2.05, 4.69) is 9.82 Å². The SMILES string of the molecule is CN1CC(O)CNS(=O)(=O)c2ccc(-c3cnn(C)c3)cc2OCC2(CCN(S(=O)(=O)c3ccccc3F)CC2)C1. The number of halogens is 1. The van der Waals surface area contributed by atoms with Crippen LogP contribution in [-0.2, 0) is 27.1 Å². The molecule has 0 aliphatic carbocycles. The maximum atomic E-state index is 14.4. The van der Waals surface area contributed by atoms with Crippen molar-refractivity contribution in [2.75, 3.05) is 46.4 Å². The summed E-state index contributed by atoms with van der Waals surface area (Å²) >= 11 is 0. The minimum absolute atomic E-state index is 0.0546. The summed E-state index contributed by atoms with van der Waals surface area (Å²) in [5.74, 6) is -0.649. The lowest BCUT2D eigenvalue weighted by atomic mass is 9.79. The van der Waals surface area contributed by atoms with E-state index in [0.717, 1.165) is 17.2 Å². The zero-order valence-corrected chi connectivity index (χ0v) is 24.5. The number of rotatable bonds is 3. The number of aliphatic hydroxyl groups excluding tert-OH is 1. The van der Waals surface area contributed by atoms with Gasteiger partial charge in [0.05, 0.1) is 18.9 Å². The largest absolute Gasteiger partial charge is 0.492 e. The zero-order valence-electron chi connectivity index (χ0n) is 22.9. The van der Waals surface area contributed by atoms with Crippen LogP contribution >= 0.6 is 0 Å². The van der Waals surface area contributed by atoms with Gasteiger partial charge in [-0.15, -0.1) is 0 Å². The Morgan fingerprint density at radius 1 is 1.12 bits per heavy atom.